The number of methoxy groups -OCH3 is 1. The van der Waals surface area contributed by atoms with Crippen molar-refractivity contribution in [3.05, 3.63) is 48.0 Å². The summed E-state index contributed by atoms with van der Waals surface area (Å²) in [6.45, 7) is 3.64. The first-order chi connectivity index (χ1) is 14.7. The van der Waals surface area contributed by atoms with E-state index in [9.17, 15) is 17.6 Å². The molecule has 2 heterocycles. The number of nitrogens with one attached hydrogen (secondary N) is 2. The molecule has 0 aliphatic carbocycles. The van der Waals surface area contributed by atoms with Gasteiger partial charge >= 0.3 is 6.03 Å². The van der Waals surface area contributed by atoms with Gasteiger partial charge in [0.1, 0.15) is 23.8 Å². The summed E-state index contributed by atoms with van der Waals surface area (Å²) in [6.07, 6.45) is 0.391. The van der Waals surface area contributed by atoms with Crippen molar-refractivity contribution < 1.29 is 27.1 Å². The topological polar surface area (TPSA) is 110 Å². The molecule has 0 spiro atoms. The summed E-state index contributed by atoms with van der Waals surface area (Å²) in [6, 6.07) is 6.65. The number of anilines is 2. The molecule has 0 unspecified atom stereocenters. The number of carbonyl (C=O) groups excluding carboxylic acids is 1. The highest BCUT2D eigenvalue weighted by Gasteiger charge is 2.39. The van der Waals surface area contributed by atoms with Crippen LogP contribution in [0.4, 0.5) is 20.6 Å². The van der Waals surface area contributed by atoms with Crippen LogP contribution >= 0.6 is 0 Å². The second kappa shape index (κ2) is 9.58. The zero-order valence-electron chi connectivity index (χ0n) is 17.5. The molecule has 11 heteroatoms. The Morgan fingerprint density at radius 1 is 1.19 bits per heavy atom. The molecule has 0 bridgehead atoms. The van der Waals surface area contributed by atoms with E-state index in [0.717, 1.165) is 17.8 Å². The fraction of sp³-hybridized carbons (Fsp3) is 0.400. The molecule has 2 amide bonds. The van der Waals surface area contributed by atoms with Crippen molar-refractivity contribution in [1.29, 1.82) is 0 Å². The normalized spacial score (nSPS) is 19.2. The summed E-state index contributed by atoms with van der Waals surface area (Å²) in [5, 5.41) is 5.15. The number of pyridine rings is 1. The van der Waals surface area contributed by atoms with Crippen molar-refractivity contribution in [3.8, 4) is 5.75 Å². The van der Waals surface area contributed by atoms with Gasteiger partial charge in [-0.3, -0.25) is 4.98 Å². The van der Waals surface area contributed by atoms with Gasteiger partial charge in [-0.25, -0.2) is 17.6 Å². The van der Waals surface area contributed by atoms with E-state index in [1.165, 1.54) is 23.7 Å². The number of hydrogen-bond donors (Lipinski definition) is 2. The number of ether oxygens (including phenoxy) is 2. The largest absolute Gasteiger partial charge is 0.486 e. The molecule has 168 valence electrons. The van der Waals surface area contributed by atoms with Crippen molar-refractivity contribution in [2.24, 2.45) is 0 Å². The second-order valence-corrected chi connectivity index (χ2v) is 9.35. The molecule has 0 radical (unpaired) electrons. The third-order valence-corrected chi connectivity index (χ3v) is 6.64. The zero-order chi connectivity index (χ0) is 22.6. The van der Waals surface area contributed by atoms with E-state index in [1.807, 2.05) is 6.92 Å². The number of hydrogen-bond acceptors (Lipinski definition) is 6. The van der Waals surface area contributed by atoms with Crippen LogP contribution in [0, 0.1) is 12.7 Å². The SMILES string of the molecule is CCS(=O)(=O)N1C[C@@H](OC)[C@H](Oc2cc(F)cc(NC(=O)Nc3ccc(C)nc3)c2)C1. The van der Waals surface area contributed by atoms with Gasteiger partial charge in [-0.05, 0) is 32.0 Å². The number of rotatable bonds is 7. The van der Waals surface area contributed by atoms with E-state index in [1.54, 1.807) is 19.1 Å². The number of aromatic nitrogens is 1. The average Bonchev–Trinajstić information content (AvgIpc) is 3.13. The maximum Gasteiger partial charge on any atom is 0.323 e. The van der Waals surface area contributed by atoms with Gasteiger partial charge in [0.05, 0.1) is 24.2 Å². The Kier molecular flexibility index (Phi) is 7.08. The van der Waals surface area contributed by atoms with Crippen LogP contribution in [0.2, 0.25) is 0 Å². The first-order valence-corrected chi connectivity index (χ1v) is 11.3. The minimum atomic E-state index is -3.40. The molecule has 1 saturated heterocycles. The maximum atomic E-state index is 14.1. The predicted molar refractivity (Wildman–Crippen MR) is 114 cm³/mol. The van der Waals surface area contributed by atoms with Crippen LogP contribution in [-0.4, -0.2) is 61.9 Å². The standard InChI is InChI=1S/C20H25FN4O5S/c1-4-31(27,28)25-11-18(29-3)19(12-25)30-17-8-14(21)7-16(9-17)24-20(26)23-15-6-5-13(2)22-10-15/h5-10,18-19H,4,11-12H2,1-3H3,(H2,23,24,26)/t18-,19-/m1/s1. The molecule has 1 aliphatic rings. The number of urea groups is 1. The quantitative estimate of drug-likeness (QED) is 0.668. The van der Waals surface area contributed by atoms with Gasteiger partial charge in [0.2, 0.25) is 10.0 Å². The Morgan fingerprint density at radius 3 is 2.55 bits per heavy atom. The van der Waals surface area contributed by atoms with Crippen LogP contribution < -0.4 is 15.4 Å². The molecule has 31 heavy (non-hydrogen) atoms. The minimum Gasteiger partial charge on any atom is -0.486 e. The van der Waals surface area contributed by atoms with Crippen molar-refractivity contribution in [2.45, 2.75) is 26.1 Å². The van der Waals surface area contributed by atoms with Crippen LogP contribution in [-0.2, 0) is 14.8 Å². The summed E-state index contributed by atoms with van der Waals surface area (Å²) in [4.78, 5) is 16.3. The average molecular weight is 453 g/mol. The van der Waals surface area contributed by atoms with E-state index in [0.29, 0.717) is 5.69 Å². The molecular weight excluding hydrogens is 427 g/mol. The Bertz CT molecular complexity index is 1030. The molecule has 2 aromatic rings. The molecule has 1 aromatic heterocycles. The van der Waals surface area contributed by atoms with E-state index < -0.39 is 34.1 Å². The highest BCUT2D eigenvalue weighted by molar-refractivity contribution is 7.89. The molecule has 1 fully saturated rings. The Hall–Kier alpha value is -2.76. The number of aryl methyl sites for hydroxylation is 1. The van der Waals surface area contributed by atoms with Crippen LogP contribution in [0.15, 0.2) is 36.5 Å². The summed E-state index contributed by atoms with van der Waals surface area (Å²) >= 11 is 0. The Labute approximate surface area is 180 Å². The first-order valence-electron chi connectivity index (χ1n) is 9.68. The number of sulfonamides is 1. The predicted octanol–water partition coefficient (Wildman–Crippen LogP) is 2.60. The number of amides is 2. The summed E-state index contributed by atoms with van der Waals surface area (Å²) in [5.41, 5.74) is 1.48. The van der Waals surface area contributed by atoms with Crippen LogP contribution in [0.3, 0.4) is 0 Å². The van der Waals surface area contributed by atoms with Gasteiger partial charge in [-0.15, -0.1) is 0 Å². The zero-order valence-corrected chi connectivity index (χ0v) is 18.3. The van der Waals surface area contributed by atoms with Gasteiger partial charge < -0.3 is 20.1 Å². The van der Waals surface area contributed by atoms with Crippen molar-refractivity contribution in [1.82, 2.24) is 9.29 Å². The molecule has 3 rings (SSSR count). The van der Waals surface area contributed by atoms with Gasteiger partial charge in [-0.2, -0.15) is 4.31 Å². The number of nitrogens with zero attached hydrogens (tertiary/aromatic N) is 2. The Morgan fingerprint density at radius 2 is 1.90 bits per heavy atom. The summed E-state index contributed by atoms with van der Waals surface area (Å²) in [5.74, 6) is -0.500. The summed E-state index contributed by atoms with van der Waals surface area (Å²) in [7, 11) is -1.94. The highest BCUT2D eigenvalue weighted by Crippen LogP contribution is 2.26. The molecule has 2 atom stereocenters. The molecule has 0 saturated carbocycles. The lowest BCUT2D eigenvalue weighted by Gasteiger charge is -2.19. The van der Waals surface area contributed by atoms with Crippen LogP contribution in [0.1, 0.15) is 12.6 Å². The smallest absolute Gasteiger partial charge is 0.323 e. The summed E-state index contributed by atoms with van der Waals surface area (Å²) < 4.78 is 50.9. The number of benzene rings is 1. The van der Waals surface area contributed by atoms with Gasteiger partial charge in [0.15, 0.2) is 0 Å². The molecule has 9 nitrogen and oxygen atoms in total. The fourth-order valence-corrected chi connectivity index (χ4v) is 4.29. The van der Waals surface area contributed by atoms with Crippen molar-refractivity contribution in [3.63, 3.8) is 0 Å². The maximum absolute atomic E-state index is 14.1. The number of halogens is 1. The lowest BCUT2D eigenvalue weighted by atomic mass is 10.2. The van der Waals surface area contributed by atoms with E-state index >= 15 is 0 Å². The van der Waals surface area contributed by atoms with Crippen LogP contribution in [0.5, 0.6) is 5.75 Å². The highest BCUT2D eigenvalue weighted by atomic mass is 32.2. The fourth-order valence-electron chi connectivity index (χ4n) is 3.17. The van der Waals surface area contributed by atoms with Crippen LogP contribution in [0.25, 0.3) is 0 Å². The van der Waals surface area contributed by atoms with Gasteiger partial charge in [0.25, 0.3) is 0 Å². The Balaban J connectivity index is 1.69. The van der Waals surface area contributed by atoms with Crippen molar-refractivity contribution >= 4 is 27.4 Å². The lowest BCUT2D eigenvalue weighted by Crippen LogP contribution is -2.32. The molecule has 1 aromatic carbocycles. The van der Waals surface area contributed by atoms with E-state index in [4.69, 9.17) is 9.47 Å². The van der Waals surface area contributed by atoms with Crippen molar-refractivity contribution in [2.75, 3.05) is 36.6 Å². The lowest BCUT2D eigenvalue weighted by molar-refractivity contribution is 0.0343. The molecule has 2 N–H and O–H groups in total. The number of carbonyl (C=O) groups is 1. The molecular formula is C20H25FN4O5S. The minimum absolute atomic E-state index is 0.0319. The third kappa shape index (κ3) is 5.90. The van der Waals surface area contributed by atoms with E-state index in [2.05, 4.69) is 15.6 Å². The van der Waals surface area contributed by atoms with Gasteiger partial charge in [-0.1, -0.05) is 0 Å². The van der Waals surface area contributed by atoms with Gasteiger partial charge in [0, 0.05) is 37.2 Å². The third-order valence-electron chi connectivity index (χ3n) is 4.83. The second-order valence-electron chi connectivity index (χ2n) is 7.09. The molecule has 1 aliphatic heterocycles. The van der Waals surface area contributed by atoms with E-state index in [-0.39, 0.29) is 30.3 Å². The monoisotopic (exact) mass is 452 g/mol. The first kappa shape index (κ1) is 22.9.